The van der Waals surface area contributed by atoms with Crippen molar-refractivity contribution in [2.24, 2.45) is 0 Å². The molecule has 2 rings (SSSR count). The maximum absolute atomic E-state index is 5.23. The lowest BCUT2D eigenvalue weighted by Crippen LogP contribution is -2.33. The third-order valence-corrected chi connectivity index (χ3v) is 3.99. The van der Waals surface area contributed by atoms with Crippen LogP contribution in [0.25, 0.3) is 0 Å². The topological polar surface area (TPSA) is 12.5 Å². The van der Waals surface area contributed by atoms with E-state index in [0.29, 0.717) is 6.04 Å². The van der Waals surface area contributed by atoms with E-state index in [2.05, 4.69) is 31.0 Å². The summed E-state index contributed by atoms with van der Waals surface area (Å²) in [7, 11) is 3.85. The van der Waals surface area contributed by atoms with Crippen molar-refractivity contribution in [1.82, 2.24) is 0 Å². The summed E-state index contributed by atoms with van der Waals surface area (Å²) in [5, 5.41) is 0. The van der Waals surface area contributed by atoms with E-state index in [0.717, 1.165) is 11.5 Å². The van der Waals surface area contributed by atoms with Crippen LogP contribution in [0.5, 0.6) is 5.75 Å². The highest BCUT2D eigenvalue weighted by molar-refractivity contribution is 7.99. The van der Waals surface area contributed by atoms with Gasteiger partial charge in [-0.25, -0.2) is 0 Å². The molecule has 1 heterocycles. The molecule has 2 nitrogen and oxygen atoms in total. The lowest BCUT2D eigenvalue weighted by molar-refractivity contribution is 0.414. The van der Waals surface area contributed by atoms with Gasteiger partial charge >= 0.3 is 0 Å². The quantitative estimate of drug-likeness (QED) is 0.705. The van der Waals surface area contributed by atoms with Crippen LogP contribution in [-0.2, 0) is 0 Å². The summed E-state index contributed by atoms with van der Waals surface area (Å²) in [6, 6.07) is 6.87. The van der Waals surface area contributed by atoms with Crippen molar-refractivity contribution in [2.75, 3.05) is 24.8 Å². The first-order valence-electron chi connectivity index (χ1n) is 4.76. The summed E-state index contributed by atoms with van der Waals surface area (Å²) in [4.78, 5) is 3.67. The van der Waals surface area contributed by atoms with Gasteiger partial charge in [-0.3, -0.25) is 0 Å². The van der Waals surface area contributed by atoms with E-state index in [9.17, 15) is 0 Å². The minimum absolute atomic E-state index is 0.597. The van der Waals surface area contributed by atoms with E-state index >= 15 is 0 Å². The molecule has 0 saturated carbocycles. The summed E-state index contributed by atoms with van der Waals surface area (Å²) in [6.45, 7) is 2.25. The van der Waals surface area contributed by atoms with Crippen LogP contribution >= 0.6 is 11.8 Å². The van der Waals surface area contributed by atoms with Crippen LogP contribution in [0.2, 0.25) is 0 Å². The third-order valence-electron chi connectivity index (χ3n) is 2.69. The molecule has 14 heavy (non-hydrogen) atoms. The molecule has 0 amide bonds. The second kappa shape index (κ2) is 3.73. The van der Waals surface area contributed by atoms with Crippen molar-refractivity contribution in [1.29, 1.82) is 0 Å². The first-order chi connectivity index (χ1) is 6.72. The van der Waals surface area contributed by atoms with Gasteiger partial charge in [-0.2, -0.15) is 0 Å². The number of nitrogens with zero attached hydrogens (tertiary/aromatic N) is 1. The third kappa shape index (κ3) is 1.57. The molecule has 1 aliphatic rings. The van der Waals surface area contributed by atoms with Gasteiger partial charge in [0.1, 0.15) is 5.75 Å². The van der Waals surface area contributed by atoms with E-state index in [1.807, 2.05) is 17.8 Å². The number of thioether (sulfide) groups is 1. The Kier molecular flexibility index (Phi) is 2.59. The molecule has 76 valence electrons. The molecule has 0 radical (unpaired) electrons. The van der Waals surface area contributed by atoms with Gasteiger partial charge in [-0.05, 0) is 19.1 Å². The zero-order chi connectivity index (χ0) is 10.1. The molecule has 1 aliphatic heterocycles. The van der Waals surface area contributed by atoms with Crippen molar-refractivity contribution in [3.05, 3.63) is 18.2 Å². The molecule has 1 atom stereocenters. The average Bonchev–Trinajstić information content (AvgIpc) is 2.23. The predicted molar refractivity (Wildman–Crippen MR) is 61.6 cm³/mol. The number of fused-ring (bicyclic) bond motifs is 1. The second-order valence-electron chi connectivity index (χ2n) is 3.60. The van der Waals surface area contributed by atoms with E-state index in [-0.39, 0.29) is 0 Å². The SMILES string of the molecule is COc1ccc2c(c1)N(C)C(C)CS2. The fourth-order valence-electron chi connectivity index (χ4n) is 1.58. The van der Waals surface area contributed by atoms with Gasteiger partial charge in [0.2, 0.25) is 0 Å². The maximum atomic E-state index is 5.23. The Morgan fingerprint density at radius 3 is 3.00 bits per heavy atom. The molecule has 0 spiro atoms. The molecular formula is C11H15NOS. The summed E-state index contributed by atoms with van der Waals surface area (Å²) in [5.41, 5.74) is 1.29. The molecule has 0 N–H and O–H groups in total. The Bertz CT molecular complexity index is 340. The van der Waals surface area contributed by atoms with Crippen LogP contribution in [-0.4, -0.2) is 26.0 Å². The molecule has 0 saturated heterocycles. The molecule has 1 unspecified atom stereocenters. The zero-order valence-corrected chi connectivity index (χ0v) is 9.60. The number of hydrogen-bond donors (Lipinski definition) is 0. The Labute approximate surface area is 89.2 Å². The van der Waals surface area contributed by atoms with Gasteiger partial charge in [-0.1, -0.05) is 0 Å². The molecule has 0 fully saturated rings. The van der Waals surface area contributed by atoms with E-state index in [4.69, 9.17) is 4.74 Å². The fourth-order valence-corrected chi connectivity index (χ4v) is 2.74. The van der Waals surface area contributed by atoms with E-state index < -0.39 is 0 Å². The van der Waals surface area contributed by atoms with Crippen molar-refractivity contribution < 1.29 is 4.74 Å². The smallest absolute Gasteiger partial charge is 0.121 e. The van der Waals surface area contributed by atoms with Crippen molar-refractivity contribution in [2.45, 2.75) is 17.9 Å². The van der Waals surface area contributed by atoms with E-state index in [1.165, 1.54) is 10.6 Å². The normalized spacial score (nSPS) is 20.5. The van der Waals surface area contributed by atoms with Crippen LogP contribution < -0.4 is 9.64 Å². The lowest BCUT2D eigenvalue weighted by atomic mass is 10.2. The van der Waals surface area contributed by atoms with Crippen LogP contribution in [0.3, 0.4) is 0 Å². The number of methoxy groups -OCH3 is 1. The predicted octanol–water partition coefficient (Wildman–Crippen LogP) is 2.63. The van der Waals surface area contributed by atoms with Gasteiger partial charge in [0.05, 0.1) is 12.8 Å². The standard InChI is InChI=1S/C11H15NOS/c1-8-7-14-11-5-4-9(13-3)6-10(11)12(8)2/h4-6,8H,7H2,1-3H3. The first kappa shape index (κ1) is 9.71. The number of rotatable bonds is 1. The highest BCUT2D eigenvalue weighted by Gasteiger charge is 2.20. The monoisotopic (exact) mass is 209 g/mol. The molecule has 0 aliphatic carbocycles. The summed E-state index contributed by atoms with van der Waals surface area (Å²) in [6.07, 6.45) is 0. The maximum Gasteiger partial charge on any atom is 0.121 e. The summed E-state index contributed by atoms with van der Waals surface area (Å²) in [5.74, 6) is 2.10. The van der Waals surface area contributed by atoms with Gasteiger partial charge in [0, 0.05) is 29.8 Å². The second-order valence-corrected chi connectivity index (χ2v) is 4.67. The lowest BCUT2D eigenvalue weighted by Gasteiger charge is -2.33. The molecule has 1 aromatic rings. The summed E-state index contributed by atoms with van der Waals surface area (Å²) < 4.78 is 5.23. The zero-order valence-electron chi connectivity index (χ0n) is 8.78. The Morgan fingerprint density at radius 1 is 1.50 bits per heavy atom. The van der Waals surface area contributed by atoms with Crippen molar-refractivity contribution in [3.8, 4) is 5.75 Å². The largest absolute Gasteiger partial charge is 0.497 e. The Hall–Kier alpha value is -0.830. The number of ether oxygens (including phenoxy) is 1. The Morgan fingerprint density at radius 2 is 2.29 bits per heavy atom. The first-order valence-corrected chi connectivity index (χ1v) is 5.74. The van der Waals surface area contributed by atoms with Crippen LogP contribution in [0.15, 0.2) is 23.1 Å². The van der Waals surface area contributed by atoms with Gasteiger partial charge < -0.3 is 9.64 Å². The van der Waals surface area contributed by atoms with Gasteiger partial charge in [-0.15, -0.1) is 11.8 Å². The molecular weight excluding hydrogens is 194 g/mol. The van der Waals surface area contributed by atoms with Crippen LogP contribution in [0, 0.1) is 0 Å². The van der Waals surface area contributed by atoms with Gasteiger partial charge in [0.25, 0.3) is 0 Å². The number of anilines is 1. The highest BCUT2D eigenvalue weighted by atomic mass is 32.2. The average molecular weight is 209 g/mol. The molecule has 3 heteroatoms. The number of benzene rings is 1. The summed E-state index contributed by atoms with van der Waals surface area (Å²) >= 11 is 1.92. The minimum Gasteiger partial charge on any atom is -0.497 e. The van der Waals surface area contributed by atoms with Crippen LogP contribution in [0.1, 0.15) is 6.92 Å². The van der Waals surface area contributed by atoms with Crippen molar-refractivity contribution >= 4 is 17.4 Å². The van der Waals surface area contributed by atoms with Crippen LogP contribution in [0.4, 0.5) is 5.69 Å². The molecule has 0 bridgehead atoms. The molecule has 1 aromatic carbocycles. The van der Waals surface area contributed by atoms with Crippen molar-refractivity contribution in [3.63, 3.8) is 0 Å². The Balaban J connectivity index is 2.41. The fraction of sp³-hybridized carbons (Fsp3) is 0.455. The van der Waals surface area contributed by atoms with Gasteiger partial charge in [0.15, 0.2) is 0 Å². The van der Waals surface area contributed by atoms with E-state index in [1.54, 1.807) is 7.11 Å². The number of hydrogen-bond acceptors (Lipinski definition) is 3. The minimum atomic E-state index is 0.597. The molecule has 0 aromatic heterocycles. The highest BCUT2D eigenvalue weighted by Crippen LogP contribution is 2.38.